The predicted octanol–water partition coefficient (Wildman–Crippen LogP) is 3.53. The molecule has 1 aromatic carbocycles. The molecule has 2 N–H and O–H groups in total. The first-order valence-electron chi connectivity index (χ1n) is 9.78. The van der Waals surface area contributed by atoms with Crippen molar-refractivity contribution in [3.05, 3.63) is 65.3 Å². The van der Waals surface area contributed by atoms with E-state index in [2.05, 4.69) is 17.2 Å². The lowest BCUT2D eigenvalue weighted by Crippen LogP contribution is -2.20. The number of hydrogen-bond donors (Lipinski definition) is 2. The fourth-order valence-electron chi connectivity index (χ4n) is 3.67. The van der Waals surface area contributed by atoms with Gasteiger partial charge in [-0.3, -0.25) is 9.59 Å². The second kappa shape index (κ2) is 8.90. The maximum absolute atomic E-state index is 12.9. The number of rotatable bonds is 3. The highest BCUT2D eigenvalue weighted by molar-refractivity contribution is 6.04. The molecule has 6 nitrogen and oxygen atoms in total. The van der Waals surface area contributed by atoms with Crippen molar-refractivity contribution in [2.45, 2.75) is 38.7 Å². The SMILES string of the molecule is C=C1C(=O)O[C@@H]2C=C(C)CCC=C(C(=O)Nc3cccc(C(=O)NC)c3)CC[C@@H]12. The van der Waals surface area contributed by atoms with E-state index in [1.807, 2.05) is 19.1 Å². The third-order valence-electron chi connectivity index (χ3n) is 5.35. The highest BCUT2D eigenvalue weighted by Gasteiger charge is 2.37. The Morgan fingerprint density at radius 2 is 2.00 bits per heavy atom. The molecule has 2 amide bonds. The van der Waals surface area contributed by atoms with Gasteiger partial charge in [-0.05, 0) is 56.9 Å². The molecule has 1 fully saturated rings. The van der Waals surface area contributed by atoms with Crippen LogP contribution in [0.5, 0.6) is 0 Å². The Hall–Kier alpha value is -3.15. The van der Waals surface area contributed by atoms with E-state index in [1.54, 1.807) is 31.3 Å². The zero-order valence-electron chi connectivity index (χ0n) is 16.8. The van der Waals surface area contributed by atoms with Crippen molar-refractivity contribution in [3.8, 4) is 0 Å². The molecule has 0 bridgehead atoms. The van der Waals surface area contributed by atoms with Gasteiger partial charge < -0.3 is 15.4 Å². The first-order valence-corrected chi connectivity index (χ1v) is 9.78. The van der Waals surface area contributed by atoms with Crippen LogP contribution in [0, 0.1) is 5.92 Å². The van der Waals surface area contributed by atoms with Crippen LogP contribution < -0.4 is 10.6 Å². The molecule has 1 saturated heterocycles. The Bertz CT molecular complexity index is 913. The number of anilines is 1. The Balaban J connectivity index is 1.76. The first kappa shape index (κ1) is 20.6. The third kappa shape index (κ3) is 4.83. The van der Waals surface area contributed by atoms with Crippen LogP contribution in [0.15, 0.2) is 59.7 Å². The van der Waals surface area contributed by atoms with Gasteiger partial charge in [-0.2, -0.15) is 0 Å². The van der Waals surface area contributed by atoms with Crippen molar-refractivity contribution >= 4 is 23.5 Å². The summed E-state index contributed by atoms with van der Waals surface area (Å²) in [6.45, 7) is 5.89. The summed E-state index contributed by atoms with van der Waals surface area (Å²) in [5.74, 6) is -0.891. The van der Waals surface area contributed by atoms with Gasteiger partial charge in [0.25, 0.3) is 11.8 Å². The van der Waals surface area contributed by atoms with E-state index in [0.717, 1.165) is 18.4 Å². The van der Waals surface area contributed by atoms with Crippen LogP contribution in [0.3, 0.4) is 0 Å². The van der Waals surface area contributed by atoms with E-state index in [-0.39, 0.29) is 29.8 Å². The summed E-state index contributed by atoms with van der Waals surface area (Å²) in [6.07, 6.45) is 6.30. The summed E-state index contributed by atoms with van der Waals surface area (Å²) < 4.78 is 5.44. The van der Waals surface area contributed by atoms with Gasteiger partial charge in [-0.15, -0.1) is 0 Å². The van der Waals surface area contributed by atoms with Gasteiger partial charge in [0, 0.05) is 35.4 Å². The number of benzene rings is 1. The van der Waals surface area contributed by atoms with Gasteiger partial charge in [-0.25, -0.2) is 4.79 Å². The van der Waals surface area contributed by atoms with Gasteiger partial charge in [0.1, 0.15) is 6.10 Å². The van der Waals surface area contributed by atoms with E-state index in [0.29, 0.717) is 35.2 Å². The Labute approximate surface area is 170 Å². The summed E-state index contributed by atoms with van der Waals surface area (Å²) in [5, 5.41) is 5.45. The number of fused-ring (bicyclic) bond motifs is 1. The monoisotopic (exact) mass is 394 g/mol. The second-order valence-corrected chi connectivity index (χ2v) is 7.44. The average Bonchev–Trinajstić information content (AvgIpc) is 2.97. The highest BCUT2D eigenvalue weighted by atomic mass is 16.5. The van der Waals surface area contributed by atoms with E-state index >= 15 is 0 Å². The fourth-order valence-corrected chi connectivity index (χ4v) is 3.67. The molecule has 2 atom stereocenters. The van der Waals surface area contributed by atoms with Gasteiger partial charge >= 0.3 is 5.97 Å². The molecule has 0 radical (unpaired) electrons. The zero-order chi connectivity index (χ0) is 21.0. The molecule has 2 aliphatic rings. The molecule has 1 aromatic rings. The molecule has 0 saturated carbocycles. The number of hydrogen-bond acceptors (Lipinski definition) is 4. The molecule has 1 heterocycles. The molecule has 0 aromatic heterocycles. The van der Waals surface area contributed by atoms with Crippen molar-refractivity contribution in [3.63, 3.8) is 0 Å². The van der Waals surface area contributed by atoms with Crippen LogP contribution in [0.2, 0.25) is 0 Å². The molecular formula is C23H26N2O4. The lowest BCUT2D eigenvalue weighted by Gasteiger charge is -2.18. The van der Waals surface area contributed by atoms with Crippen LogP contribution in [0.1, 0.15) is 43.0 Å². The number of allylic oxidation sites excluding steroid dienone is 2. The van der Waals surface area contributed by atoms with Crippen molar-refractivity contribution < 1.29 is 19.1 Å². The standard InChI is InChI=1S/C23H26N2O4/c1-14-6-4-7-16(10-11-19-15(2)23(28)29-20(19)12-14)22(27)25-18-9-5-8-17(13-18)21(26)24-3/h5,7-9,12-13,19-20H,2,4,6,10-11H2,1,3H3,(H,24,26)(H,25,27)/t19-,20+/m0/s1. The van der Waals surface area contributed by atoms with Crippen LogP contribution in [-0.2, 0) is 14.3 Å². The zero-order valence-corrected chi connectivity index (χ0v) is 16.8. The largest absolute Gasteiger partial charge is 0.454 e. The molecule has 1 aliphatic carbocycles. The third-order valence-corrected chi connectivity index (χ3v) is 5.35. The van der Waals surface area contributed by atoms with Gasteiger partial charge in [-0.1, -0.05) is 24.3 Å². The van der Waals surface area contributed by atoms with Crippen LogP contribution in [0.25, 0.3) is 0 Å². The predicted molar refractivity (Wildman–Crippen MR) is 111 cm³/mol. The van der Waals surface area contributed by atoms with Crippen LogP contribution in [-0.4, -0.2) is 30.9 Å². The molecular weight excluding hydrogens is 368 g/mol. The number of amides is 2. The van der Waals surface area contributed by atoms with E-state index in [1.165, 1.54) is 0 Å². The lowest BCUT2D eigenvalue weighted by atomic mass is 9.87. The maximum atomic E-state index is 12.9. The Morgan fingerprint density at radius 3 is 2.76 bits per heavy atom. The Kier molecular flexibility index (Phi) is 6.32. The number of esters is 1. The first-order chi connectivity index (χ1) is 13.9. The van der Waals surface area contributed by atoms with Crippen molar-refractivity contribution in [1.29, 1.82) is 0 Å². The van der Waals surface area contributed by atoms with Crippen LogP contribution in [0.4, 0.5) is 5.69 Å². The smallest absolute Gasteiger partial charge is 0.334 e. The molecule has 1 aliphatic heterocycles. The maximum Gasteiger partial charge on any atom is 0.334 e. The van der Waals surface area contributed by atoms with Crippen molar-refractivity contribution in [2.75, 3.05) is 12.4 Å². The minimum absolute atomic E-state index is 0.122. The van der Waals surface area contributed by atoms with E-state index in [4.69, 9.17) is 4.74 Å². The highest BCUT2D eigenvalue weighted by Crippen LogP contribution is 2.34. The summed E-state index contributed by atoms with van der Waals surface area (Å²) >= 11 is 0. The quantitative estimate of drug-likeness (QED) is 0.467. The molecule has 0 spiro atoms. The van der Waals surface area contributed by atoms with Crippen molar-refractivity contribution in [1.82, 2.24) is 5.32 Å². The number of carbonyl (C=O) groups is 3. The average molecular weight is 394 g/mol. The fraction of sp³-hybridized carbons (Fsp3) is 0.348. The minimum Gasteiger partial charge on any atom is -0.454 e. The lowest BCUT2D eigenvalue weighted by molar-refractivity contribution is -0.137. The number of carbonyl (C=O) groups excluding carboxylic acids is 3. The molecule has 29 heavy (non-hydrogen) atoms. The van der Waals surface area contributed by atoms with Gasteiger partial charge in [0.05, 0.1) is 0 Å². The molecule has 6 heteroatoms. The van der Waals surface area contributed by atoms with E-state index in [9.17, 15) is 14.4 Å². The number of nitrogens with one attached hydrogen (secondary N) is 2. The van der Waals surface area contributed by atoms with Gasteiger partial charge in [0.15, 0.2) is 0 Å². The van der Waals surface area contributed by atoms with E-state index < -0.39 is 0 Å². The topological polar surface area (TPSA) is 84.5 Å². The van der Waals surface area contributed by atoms with Gasteiger partial charge in [0.2, 0.25) is 0 Å². The second-order valence-electron chi connectivity index (χ2n) is 7.44. The molecule has 152 valence electrons. The molecule has 0 unspecified atom stereocenters. The summed E-state index contributed by atoms with van der Waals surface area (Å²) in [7, 11) is 1.56. The van der Waals surface area contributed by atoms with Crippen molar-refractivity contribution in [2.24, 2.45) is 5.92 Å². The number of ether oxygens (including phenoxy) is 1. The normalized spacial score (nSPS) is 22.0. The summed E-state index contributed by atoms with van der Waals surface area (Å²) in [6, 6.07) is 6.81. The summed E-state index contributed by atoms with van der Waals surface area (Å²) in [4.78, 5) is 36.6. The molecule has 3 rings (SSSR count). The van der Waals surface area contributed by atoms with Crippen LogP contribution >= 0.6 is 0 Å². The Morgan fingerprint density at radius 1 is 1.21 bits per heavy atom. The minimum atomic E-state index is -0.357. The summed E-state index contributed by atoms with van der Waals surface area (Å²) in [5.41, 5.74) is 3.30.